The minimum Gasteiger partial charge on any atom is -0.479 e. The van der Waals surface area contributed by atoms with Gasteiger partial charge in [-0.1, -0.05) is 30.3 Å². The van der Waals surface area contributed by atoms with E-state index in [9.17, 15) is 5.11 Å². The molecule has 0 radical (unpaired) electrons. The van der Waals surface area contributed by atoms with Gasteiger partial charge in [-0.15, -0.1) is 5.10 Å². The highest BCUT2D eigenvalue weighted by atomic mass is 16.5. The second kappa shape index (κ2) is 10.3. The monoisotopic (exact) mass is 518 g/mol. The predicted octanol–water partition coefficient (Wildman–Crippen LogP) is 2.67. The number of aliphatic hydroxyl groups excluding tert-OH is 1. The summed E-state index contributed by atoms with van der Waals surface area (Å²) >= 11 is 0. The fraction of sp³-hybridized carbons (Fsp3) is 0.481. The summed E-state index contributed by atoms with van der Waals surface area (Å²) in [5.74, 6) is 2.86. The first kappa shape index (κ1) is 24.8. The van der Waals surface area contributed by atoms with Crippen molar-refractivity contribution in [1.29, 1.82) is 0 Å². The van der Waals surface area contributed by atoms with Gasteiger partial charge in [0, 0.05) is 38.3 Å². The number of rotatable bonds is 6. The van der Waals surface area contributed by atoms with Gasteiger partial charge in [0.15, 0.2) is 17.0 Å². The summed E-state index contributed by atoms with van der Waals surface area (Å²) in [4.78, 5) is 19.4. The maximum Gasteiger partial charge on any atom is 0.254 e. The third kappa shape index (κ3) is 4.40. The van der Waals surface area contributed by atoms with Gasteiger partial charge in [0.05, 0.1) is 25.9 Å². The Morgan fingerprint density at radius 1 is 1.08 bits per heavy atom. The molecule has 0 bridgehead atoms. The largest absolute Gasteiger partial charge is 0.479 e. The number of anilines is 1. The summed E-state index contributed by atoms with van der Waals surface area (Å²) in [6.45, 7) is 6.37. The lowest BCUT2D eigenvalue weighted by molar-refractivity contribution is -0.0148. The molecule has 5 heterocycles. The van der Waals surface area contributed by atoms with Crippen LogP contribution in [0.15, 0.2) is 36.5 Å². The SMILES string of the molecule is CCn1c(C2CCN(C)C(O)C2)nc2c(N3CCOCC3)nc(-n3cc(-c4ccccc4)c(OC)n3)nc21. The summed E-state index contributed by atoms with van der Waals surface area (Å²) < 4.78 is 15.1. The minimum absolute atomic E-state index is 0.144. The number of benzene rings is 1. The van der Waals surface area contributed by atoms with E-state index in [1.165, 1.54) is 0 Å². The second-order valence-corrected chi connectivity index (χ2v) is 9.88. The zero-order valence-corrected chi connectivity index (χ0v) is 22.1. The van der Waals surface area contributed by atoms with Crippen molar-refractivity contribution in [3.63, 3.8) is 0 Å². The van der Waals surface area contributed by atoms with Crippen molar-refractivity contribution in [3.8, 4) is 23.0 Å². The van der Waals surface area contributed by atoms with Crippen LogP contribution in [0.4, 0.5) is 5.82 Å². The summed E-state index contributed by atoms with van der Waals surface area (Å²) in [7, 11) is 3.58. The average molecular weight is 519 g/mol. The lowest BCUT2D eigenvalue weighted by Crippen LogP contribution is -2.39. The van der Waals surface area contributed by atoms with Crippen LogP contribution in [0.2, 0.25) is 0 Å². The van der Waals surface area contributed by atoms with Gasteiger partial charge in [-0.3, -0.25) is 4.90 Å². The average Bonchev–Trinajstić information content (AvgIpc) is 3.56. The van der Waals surface area contributed by atoms with Crippen molar-refractivity contribution < 1.29 is 14.6 Å². The van der Waals surface area contributed by atoms with Crippen LogP contribution >= 0.6 is 0 Å². The van der Waals surface area contributed by atoms with Crippen molar-refractivity contribution in [2.45, 2.75) is 38.5 Å². The molecule has 2 aliphatic rings. The Bertz CT molecular complexity index is 1410. The molecule has 2 unspecified atom stereocenters. The molecule has 38 heavy (non-hydrogen) atoms. The minimum atomic E-state index is -0.479. The van der Waals surface area contributed by atoms with Crippen LogP contribution in [-0.4, -0.2) is 92.5 Å². The van der Waals surface area contributed by atoms with Crippen LogP contribution < -0.4 is 9.64 Å². The van der Waals surface area contributed by atoms with Crippen LogP contribution in [0.1, 0.15) is 31.5 Å². The van der Waals surface area contributed by atoms with Crippen LogP contribution in [0, 0.1) is 0 Å². The van der Waals surface area contributed by atoms with Gasteiger partial charge in [0.2, 0.25) is 5.88 Å². The highest BCUT2D eigenvalue weighted by Gasteiger charge is 2.31. The van der Waals surface area contributed by atoms with Gasteiger partial charge in [0.1, 0.15) is 12.1 Å². The van der Waals surface area contributed by atoms with Crippen molar-refractivity contribution >= 4 is 17.0 Å². The zero-order valence-electron chi connectivity index (χ0n) is 22.1. The number of methoxy groups -OCH3 is 1. The van der Waals surface area contributed by atoms with E-state index in [0.717, 1.165) is 60.0 Å². The summed E-state index contributed by atoms with van der Waals surface area (Å²) in [5, 5.41) is 15.3. The Hall–Kier alpha value is -3.54. The van der Waals surface area contributed by atoms with Crippen molar-refractivity contribution in [2.24, 2.45) is 0 Å². The van der Waals surface area contributed by atoms with E-state index < -0.39 is 6.23 Å². The van der Waals surface area contributed by atoms with Crippen LogP contribution in [0.3, 0.4) is 0 Å². The molecule has 1 N–H and O–H groups in total. The second-order valence-electron chi connectivity index (χ2n) is 9.88. The third-order valence-corrected chi connectivity index (χ3v) is 7.58. The Labute approximate surface area is 221 Å². The number of imidazole rings is 1. The molecule has 2 fully saturated rings. The van der Waals surface area contributed by atoms with E-state index in [-0.39, 0.29) is 5.92 Å². The number of nitrogens with zero attached hydrogens (tertiary/aromatic N) is 8. The maximum atomic E-state index is 10.6. The van der Waals surface area contributed by atoms with E-state index in [1.54, 1.807) is 11.8 Å². The lowest BCUT2D eigenvalue weighted by Gasteiger charge is -2.33. The summed E-state index contributed by atoms with van der Waals surface area (Å²) in [6.07, 6.45) is 3.01. The smallest absolute Gasteiger partial charge is 0.254 e. The van der Waals surface area contributed by atoms with Crippen molar-refractivity contribution in [3.05, 3.63) is 42.4 Å². The highest BCUT2D eigenvalue weighted by Crippen LogP contribution is 2.35. The molecule has 1 aromatic carbocycles. The van der Waals surface area contributed by atoms with Gasteiger partial charge >= 0.3 is 0 Å². The number of aromatic nitrogens is 6. The number of ether oxygens (including phenoxy) is 2. The van der Waals surface area contributed by atoms with Crippen LogP contribution in [-0.2, 0) is 11.3 Å². The molecular weight excluding hydrogens is 484 g/mol. The summed E-state index contributed by atoms with van der Waals surface area (Å²) in [6, 6.07) is 10.0. The van der Waals surface area contributed by atoms with Gasteiger partial charge in [-0.25, -0.2) is 9.67 Å². The number of morpholine rings is 1. The number of piperidine rings is 1. The molecule has 2 atom stereocenters. The molecular formula is C27H34N8O3. The van der Waals surface area contributed by atoms with E-state index in [0.29, 0.717) is 38.0 Å². The number of hydrogen-bond acceptors (Lipinski definition) is 9. The highest BCUT2D eigenvalue weighted by molar-refractivity contribution is 5.85. The standard InChI is InChI=1S/C27H34N8O3/c1-4-34-23(19-10-11-32(2)21(36)16-19)28-22-24(33-12-14-38-15-13-33)29-27(30-25(22)34)35-17-20(26(31-35)37-3)18-8-6-5-7-9-18/h5-9,17,19,21,36H,4,10-16H2,1-3H3. The van der Waals surface area contributed by atoms with E-state index in [2.05, 4.69) is 16.4 Å². The molecule has 0 amide bonds. The molecule has 2 saturated heterocycles. The van der Waals surface area contributed by atoms with E-state index in [4.69, 9.17) is 29.5 Å². The first-order chi connectivity index (χ1) is 18.6. The van der Waals surface area contributed by atoms with Crippen molar-refractivity contribution in [1.82, 2.24) is 34.2 Å². The Kier molecular flexibility index (Phi) is 6.73. The van der Waals surface area contributed by atoms with Gasteiger partial charge in [-0.2, -0.15) is 9.97 Å². The van der Waals surface area contributed by atoms with Gasteiger partial charge < -0.3 is 24.0 Å². The van der Waals surface area contributed by atoms with Crippen molar-refractivity contribution in [2.75, 3.05) is 51.9 Å². The molecule has 0 aliphatic carbocycles. The van der Waals surface area contributed by atoms with Crippen LogP contribution in [0.25, 0.3) is 28.2 Å². The lowest BCUT2D eigenvalue weighted by atomic mass is 9.95. The number of aryl methyl sites for hydroxylation is 1. The topological polar surface area (TPSA) is 107 Å². The molecule has 0 spiro atoms. The quantitative estimate of drug-likeness (QED) is 0.412. The first-order valence-electron chi connectivity index (χ1n) is 13.3. The third-order valence-electron chi connectivity index (χ3n) is 7.58. The fourth-order valence-electron chi connectivity index (χ4n) is 5.44. The van der Waals surface area contributed by atoms with Gasteiger partial charge in [-0.05, 0) is 32.4 Å². The van der Waals surface area contributed by atoms with Gasteiger partial charge in [0.25, 0.3) is 5.95 Å². The predicted molar refractivity (Wildman–Crippen MR) is 144 cm³/mol. The number of fused-ring (bicyclic) bond motifs is 1. The Balaban J connectivity index is 1.51. The first-order valence-corrected chi connectivity index (χ1v) is 13.3. The van der Waals surface area contributed by atoms with Crippen LogP contribution in [0.5, 0.6) is 5.88 Å². The Morgan fingerprint density at radius 2 is 1.87 bits per heavy atom. The van der Waals surface area contributed by atoms with E-state index in [1.807, 2.05) is 48.5 Å². The Morgan fingerprint density at radius 3 is 2.58 bits per heavy atom. The molecule has 6 rings (SSSR count). The number of aliphatic hydroxyl groups is 1. The molecule has 4 aromatic rings. The number of likely N-dealkylation sites (tertiary alicyclic amines) is 1. The molecule has 200 valence electrons. The fourth-order valence-corrected chi connectivity index (χ4v) is 5.44. The zero-order chi connectivity index (χ0) is 26.2. The maximum absolute atomic E-state index is 10.6. The summed E-state index contributed by atoms with van der Waals surface area (Å²) in [5.41, 5.74) is 3.43. The van der Waals surface area contributed by atoms with E-state index >= 15 is 0 Å². The number of hydrogen-bond donors (Lipinski definition) is 1. The molecule has 11 heteroatoms. The normalized spacial score (nSPS) is 20.8. The molecule has 0 saturated carbocycles. The molecule has 11 nitrogen and oxygen atoms in total. The molecule has 3 aromatic heterocycles. The molecule has 2 aliphatic heterocycles.